The second-order valence-electron chi connectivity index (χ2n) is 6.40. The molecule has 0 radical (unpaired) electrons. The second kappa shape index (κ2) is 7.83. The lowest BCUT2D eigenvalue weighted by Crippen LogP contribution is -2.31. The van der Waals surface area contributed by atoms with E-state index in [0.717, 1.165) is 11.1 Å². The zero-order chi connectivity index (χ0) is 18.5. The van der Waals surface area contributed by atoms with Crippen LogP contribution in [0.2, 0.25) is 0 Å². The van der Waals surface area contributed by atoms with E-state index < -0.39 is 0 Å². The van der Waals surface area contributed by atoms with Gasteiger partial charge < -0.3 is 10.6 Å². The molecule has 26 heavy (non-hydrogen) atoms. The van der Waals surface area contributed by atoms with E-state index >= 15 is 0 Å². The summed E-state index contributed by atoms with van der Waals surface area (Å²) in [6.07, 6.45) is 2.75. The van der Waals surface area contributed by atoms with E-state index in [1.165, 1.54) is 12.2 Å². The molecule has 0 aromatic heterocycles. The van der Waals surface area contributed by atoms with Crippen molar-refractivity contribution in [2.24, 2.45) is 0 Å². The first kappa shape index (κ1) is 17.7. The van der Waals surface area contributed by atoms with Gasteiger partial charge in [0.1, 0.15) is 0 Å². The minimum Gasteiger partial charge on any atom is -0.375 e. The van der Waals surface area contributed by atoms with Crippen molar-refractivity contribution < 1.29 is 9.59 Å². The molecule has 3 rings (SSSR count). The predicted molar refractivity (Wildman–Crippen MR) is 102 cm³/mol. The van der Waals surface area contributed by atoms with Gasteiger partial charge in [-0.3, -0.25) is 9.59 Å². The molecule has 132 valence electrons. The Balaban J connectivity index is 1.68. The normalized spacial score (nSPS) is 16.4. The van der Waals surface area contributed by atoms with Gasteiger partial charge >= 0.3 is 0 Å². The van der Waals surface area contributed by atoms with Crippen LogP contribution in [-0.4, -0.2) is 11.6 Å². The van der Waals surface area contributed by atoms with Crippen LogP contribution in [0, 0.1) is 0 Å². The Kier molecular flexibility index (Phi) is 5.32. The molecule has 0 saturated carbocycles. The summed E-state index contributed by atoms with van der Waals surface area (Å²) in [4.78, 5) is 24.9. The Morgan fingerprint density at radius 2 is 0.962 bits per heavy atom. The molecule has 0 saturated heterocycles. The molecule has 2 N–H and O–H groups in total. The van der Waals surface area contributed by atoms with Gasteiger partial charge in [0, 0.05) is 24.2 Å². The van der Waals surface area contributed by atoms with Crippen LogP contribution in [0.15, 0.2) is 84.2 Å². The van der Waals surface area contributed by atoms with Crippen molar-refractivity contribution in [3.63, 3.8) is 0 Å². The van der Waals surface area contributed by atoms with Crippen molar-refractivity contribution in [2.75, 3.05) is 0 Å². The van der Waals surface area contributed by atoms with E-state index in [9.17, 15) is 9.59 Å². The van der Waals surface area contributed by atoms with E-state index in [2.05, 4.69) is 10.6 Å². The van der Waals surface area contributed by atoms with Gasteiger partial charge in [-0.1, -0.05) is 60.7 Å². The number of hydrogen-bond acceptors (Lipinski definition) is 4. The molecule has 2 aromatic carbocycles. The zero-order valence-corrected chi connectivity index (χ0v) is 14.9. The number of ketones is 2. The number of hydrogen-bond donors (Lipinski definition) is 2. The average Bonchev–Trinajstić information content (AvgIpc) is 2.67. The van der Waals surface area contributed by atoms with Crippen LogP contribution < -0.4 is 10.6 Å². The fourth-order valence-electron chi connectivity index (χ4n) is 2.90. The van der Waals surface area contributed by atoms with Crippen molar-refractivity contribution in [1.82, 2.24) is 10.6 Å². The topological polar surface area (TPSA) is 58.2 Å². The van der Waals surface area contributed by atoms with Crippen LogP contribution in [0.3, 0.4) is 0 Å². The molecule has 0 spiro atoms. The lowest BCUT2D eigenvalue weighted by Gasteiger charge is -2.22. The van der Waals surface area contributed by atoms with Gasteiger partial charge in [-0.15, -0.1) is 0 Å². The van der Waals surface area contributed by atoms with E-state index in [1.54, 1.807) is 0 Å². The number of allylic oxidation sites excluding steroid dienone is 2. The van der Waals surface area contributed by atoms with Gasteiger partial charge in [-0.2, -0.15) is 0 Å². The summed E-state index contributed by atoms with van der Waals surface area (Å²) in [5, 5.41) is 6.28. The van der Waals surface area contributed by atoms with Crippen molar-refractivity contribution >= 4 is 11.6 Å². The summed E-state index contributed by atoms with van der Waals surface area (Å²) in [6.45, 7) is 3.92. The van der Waals surface area contributed by atoms with Gasteiger partial charge in [0.25, 0.3) is 0 Å². The summed E-state index contributed by atoms with van der Waals surface area (Å²) in [6, 6.07) is 19.5. The largest absolute Gasteiger partial charge is 0.375 e. The summed E-state index contributed by atoms with van der Waals surface area (Å²) in [5.41, 5.74) is 2.76. The second-order valence-corrected chi connectivity index (χ2v) is 6.40. The minimum atomic E-state index is -0.199. The monoisotopic (exact) mass is 346 g/mol. The van der Waals surface area contributed by atoms with Crippen molar-refractivity contribution in [2.45, 2.75) is 25.9 Å². The van der Waals surface area contributed by atoms with Crippen LogP contribution in [0.4, 0.5) is 0 Å². The number of benzene rings is 2. The van der Waals surface area contributed by atoms with Crippen LogP contribution in [-0.2, 0) is 9.59 Å². The summed E-state index contributed by atoms with van der Waals surface area (Å²) in [5.74, 6) is -0.398. The highest BCUT2D eigenvalue weighted by Gasteiger charge is 2.23. The maximum absolute atomic E-state index is 12.4. The first-order valence-electron chi connectivity index (χ1n) is 8.69. The maximum Gasteiger partial charge on any atom is 0.204 e. The molecule has 2 atom stereocenters. The van der Waals surface area contributed by atoms with Crippen LogP contribution in [0.5, 0.6) is 0 Å². The smallest absolute Gasteiger partial charge is 0.204 e. The highest BCUT2D eigenvalue weighted by molar-refractivity contribution is 6.19. The Bertz CT molecular complexity index is 781. The number of rotatable bonds is 6. The molecule has 2 aromatic rings. The highest BCUT2D eigenvalue weighted by Crippen LogP contribution is 2.18. The molecule has 0 unspecified atom stereocenters. The Labute approximate surface area is 153 Å². The molecule has 0 fully saturated rings. The molecule has 1 aliphatic carbocycles. The molecular formula is C22H22N2O2. The van der Waals surface area contributed by atoms with Gasteiger partial charge in [-0.25, -0.2) is 0 Å². The first-order valence-corrected chi connectivity index (χ1v) is 8.69. The van der Waals surface area contributed by atoms with Crippen LogP contribution >= 0.6 is 0 Å². The lowest BCUT2D eigenvalue weighted by atomic mass is 10.0. The maximum atomic E-state index is 12.4. The van der Waals surface area contributed by atoms with E-state index in [4.69, 9.17) is 0 Å². The molecule has 0 heterocycles. The molecular weight excluding hydrogens is 324 g/mol. The van der Waals surface area contributed by atoms with Gasteiger partial charge in [0.15, 0.2) is 0 Å². The van der Waals surface area contributed by atoms with E-state index in [-0.39, 0.29) is 23.7 Å². The van der Waals surface area contributed by atoms with Gasteiger partial charge in [-0.05, 0) is 25.0 Å². The van der Waals surface area contributed by atoms with E-state index in [1.807, 2.05) is 74.5 Å². The van der Waals surface area contributed by atoms with Crippen LogP contribution in [0.1, 0.15) is 37.1 Å². The first-order chi connectivity index (χ1) is 12.5. The number of nitrogens with one attached hydrogen (secondary N) is 2. The Morgan fingerprint density at radius 3 is 1.31 bits per heavy atom. The Hall–Kier alpha value is -3.14. The SMILES string of the molecule is C[C@@H](NC1=CC(=O)C(N[C@H](C)c2ccccc2)=CC1=O)c1ccccc1. The fraction of sp³-hybridized carbons (Fsp3) is 0.182. The molecule has 1 aliphatic rings. The highest BCUT2D eigenvalue weighted by atomic mass is 16.1. The lowest BCUT2D eigenvalue weighted by molar-refractivity contribution is -0.115. The summed E-state index contributed by atoms with van der Waals surface area (Å²) in [7, 11) is 0. The zero-order valence-electron chi connectivity index (χ0n) is 14.9. The van der Waals surface area contributed by atoms with Crippen molar-refractivity contribution in [1.29, 1.82) is 0 Å². The van der Waals surface area contributed by atoms with Crippen molar-refractivity contribution in [3.8, 4) is 0 Å². The third kappa shape index (κ3) is 4.09. The predicted octanol–water partition coefficient (Wildman–Crippen LogP) is 3.61. The molecule has 4 nitrogen and oxygen atoms in total. The van der Waals surface area contributed by atoms with Gasteiger partial charge in [0.05, 0.1) is 11.4 Å². The molecule has 0 amide bonds. The molecule has 4 heteroatoms. The number of carbonyl (C=O) groups is 2. The number of carbonyl (C=O) groups excluding carboxylic acids is 2. The summed E-state index contributed by atoms with van der Waals surface area (Å²) >= 11 is 0. The van der Waals surface area contributed by atoms with Gasteiger partial charge in [0.2, 0.25) is 11.6 Å². The Morgan fingerprint density at radius 1 is 0.615 bits per heavy atom. The average molecular weight is 346 g/mol. The minimum absolute atomic E-state index is 0.0645. The fourth-order valence-corrected chi connectivity index (χ4v) is 2.90. The summed E-state index contributed by atoms with van der Waals surface area (Å²) < 4.78 is 0. The van der Waals surface area contributed by atoms with E-state index in [0.29, 0.717) is 11.4 Å². The third-order valence-electron chi connectivity index (χ3n) is 4.42. The molecule has 0 aliphatic heterocycles. The van der Waals surface area contributed by atoms with Crippen LogP contribution in [0.25, 0.3) is 0 Å². The quantitative estimate of drug-likeness (QED) is 0.785. The standard InChI is InChI=1S/C22H22N2O2/c1-15(17-9-5-3-6-10-17)23-19-13-22(26)20(14-21(19)25)24-16(2)18-11-7-4-8-12-18/h3-16,23-24H,1-2H3/t15-,16-/m1/s1. The van der Waals surface area contributed by atoms with Crippen molar-refractivity contribution in [3.05, 3.63) is 95.3 Å². The third-order valence-corrected chi connectivity index (χ3v) is 4.42. The molecule has 0 bridgehead atoms.